The lowest BCUT2D eigenvalue weighted by atomic mass is 10.4. The molecule has 0 aromatic carbocycles. The van der Waals surface area contributed by atoms with Gasteiger partial charge in [-0.25, -0.2) is 18.4 Å². The third-order valence-electron chi connectivity index (χ3n) is 1.82. The van der Waals surface area contributed by atoms with Crippen LogP contribution < -0.4 is 5.32 Å². The monoisotopic (exact) mass is 263 g/mol. The molecule has 0 aliphatic rings. The smallest absolute Gasteiger partial charge is 0.224 e. The lowest BCUT2D eigenvalue weighted by Crippen LogP contribution is -2.10. The normalized spacial score (nSPS) is 11.4. The molecule has 0 saturated carbocycles. The molecule has 1 rings (SSSR count). The second-order valence-electron chi connectivity index (χ2n) is 3.57. The Morgan fingerprint density at radius 3 is 2.69 bits per heavy atom. The average molecular weight is 264 g/mol. The van der Waals surface area contributed by atoms with Crippen molar-refractivity contribution in [1.82, 2.24) is 9.97 Å². The second-order valence-corrected chi connectivity index (χ2v) is 6.17. The number of hydrogen-bond acceptors (Lipinski definition) is 5. The first-order valence-electron chi connectivity index (χ1n) is 4.79. The number of halogens is 1. The number of nitrogens with one attached hydrogen (secondary N) is 1. The topological polar surface area (TPSA) is 72.0 Å². The van der Waals surface area contributed by atoms with Gasteiger partial charge in [0.1, 0.15) is 15.7 Å². The van der Waals surface area contributed by atoms with Gasteiger partial charge in [-0.3, -0.25) is 0 Å². The Morgan fingerprint density at radius 1 is 1.44 bits per heavy atom. The first kappa shape index (κ1) is 13.2. The minimum Gasteiger partial charge on any atom is -0.370 e. The quantitative estimate of drug-likeness (QED) is 0.640. The van der Waals surface area contributed by atoms with Crippen LogP contribution in [-0.2, 0) is 9.84 Å². The summed E-state index contributed by atoms with van der Waals surface area (Å²) in [6.45, 7) is 2.36. The molecule has 1 aromatic heterocycles. The van der Waals surface area contributed by atoms with Crippen LogP contribution in [0.5, 0.6) is 0 Å². The summed E-state index contributed by atoms with van der Waals surface area (Å²) in [6.07, 6.45) is 1.76. The van der Waals surface area contributed by atoms with Gasteiger partial charge < -0.3 is 5.32 Å². The van der Waals surface area contributed by atoms with Crippen molar-refractivity contribution in [3.8, 4) is 0 Å². The maximum atomic E-state index is 10.9. The van der Waals surface area contributed by atoms with Crippen molar-refractivity contribution in [2.75, 3.05) is 23.9 Å². The number of hydrogen-bond donors (Lipinski definition) is 1. The highest BCUT2D eigenvalue weighted by atomic mass is 35.5. The predicted octanol–water partition coefficient (Wildman–Crippen LogP) is 1.29. The average Bonchev–Trinajstić information content (AvgIpc) is 2.09. The summed E-state index contributed by atoms with van der Waals surface area (Å²) in [5, 5.41) is 3.18. The van der Waals surface area contributed by atoms with Gasteiger partial charge in [-0.1, -0.05) is 0 Å². The summed E-state index contributed by atoms with van der Waals surface area (Å²) in [5.74, 6) is 0.781. The van der Waals surface area contributed by atoms with Crippen molar-refractivity contribution in [3.63, 3.8) is 0 Å². The Bertz CT molecular complexity index is 442. The van der Waals surface area contributed by atoms with Crippen molar-refractivity contribution < 1.29 is 8.42 Å². The fraction of sp³-hybridized carbons (Fsp3) is 0.556. The molecule has 1 N–H and O–H groups in total. The summed E-state index contributed by atoms with van der Waals surface area (Å²) in [4.78, 5) is 7.88. The Labute approximate surface area is 100 Å². The van der Waals surface area contributed by atoms with Crippen molar-refractivity contribution in [1.29, 1.82) is 0 Å². The van der Waals surface area contributed by atoms with Crippen molar-refractivity contribution >= 4 is 27.3 Å². The first-order chi connectivity index (χ1) is 7.37. The van der Waals surface area contributed by atoms with E-state index in [-0.39, 0.29) is 11.0 Å². The Hall–Kier alpha value is -0.880. The third kappa shape index (κ3) is 5.27. The molecule has 90 valence electrons. The van der Waals surface area contributed by atoms with E-state index in [4.69, 9.17) is 11.6 Å². The van der Waals surface area contributed by atoms with E-state index in [9.17, 15) is 8.42 Å². The SMILES string of the molecule is Cc1cc(NCCCS(C)(=O)=O)nc(Cl)n1. The summed E-state index contributed by atoms with van der Waals surface area (Å²) >= 11 is 5.68. The molecular formula is C9H14ClN3O2S. The molecule has 0 aliphatic heterocycles. The molecule has 0 spiro atoms. The van der Waals surface area contributed by atoms with Crippen LogP contribution >= 0.6 is 11.6 Å². The fourth-order valence-electron chi connectivity index (χ4n) is 1.17. The van der Waals surface area contributed by atoms with Gasteiger partial charge in [-0.05, 0) is 24.9 Å². The summed E-state index contributed by atoms with van der Waals surface area (Å²) in [6, 6.07) is 1.76. The lowest BCUT2D eigenvalue weighted by Gasteiger charge is -2.05. The molecule has 1 aromatic rings. The minimum absolute atomic E-state index is 0.164. The Kier molecular flexibility index (Phi) is 4.49. The Morgan fingerprint density at radius 2 is 2.12 bits per heavy atom. The van der Waals surface area contributed by atoms with Crippen molar-refractivity contribution in [2.24, 2.45) is 0 Å². The molecule has 0 unspecified atom stereocenters. The largest absolute Gasteiger partial charge is 0.370 e. The van der Waals surface area contributed by atoms with Gasteiger partial charge in [0.25, 0.3) is 0 Å². The number of aromatic nitrogens is 2. The van der Waals surface area contributed by atoms with E-state index in [0.29, 0.717) is 18.8 Å². The highest BCUT2D eigenvalue weighted by molar-refractivity contribution is 7.90. The number of anilines is 1. The maximum Gasteiger partial charge on any atom is 0.224 e. The fourth-order valence-corrected chi connectivity index (χ4v) is 2.07. The standard InChI is InChI=1S/C9H14ClN3O2S/c1-7-6-8(13-9(10)12-7)11-4-3-5-16(2,14)15/h6H,3-5H2,1-2H3,(H,11,12,13). The molecule has 0 amide bonds. The maximum absolute atomic E-state index is 10.9. The lowest BCUT2D eigenvalue weighted by molar-refractivity contribution is 0.600. The highest BCUT2D eigenvalue weighted by Crippen LogP contribution is 2.09. The number of aryl methyl sites for hydroxylation is 1. The van der Waals surface area contributed by atoms with Gasteiger partial charge in [-0.2, -0.15) is 0 Å². The predicted molar refractivity (Wildman–Crippen MR) is 64.6 cm³/mol. The van der Waals surface area contributed by atoms with Gasteiger partial charge in [0.2, 0.25) is 5.28 Å². The third-order valence-corrected chi connectivity index (χ3v) is 3.02. The molecule has 0 saturated heterocycles. The molecule has 0 radical (unpaired) electrons. The van der Waals surface area contributed by atoms with Crippen LogP contribution in [0.15, 0.2) is 6.07 Å². The Balaban J connectivity index is 2.43. The van der Waals surface area contributed by atoms with Gasteiger partial charge in [0.05, 0.1) is 5.75 Å². The number of rotatable bonds is 5. The van der Waals surface area contributed by atoms with Crippen LogP contribution in [0.3, 0.4) is 0 Å². The molecule has 0 atom stereocenters. The molecule has 16 heavy (non-hydrogen) atoms. The van der Waals surface area contributed by atoms with E-state index in [1.165, 1.54) is 6.26 Å². The van der Waals surface area contributed by atoms with E-state index >= 15 is 0 Å². The summed E-state index contributed by atoms with van der Waals surface area (Å²) < 4.78 is 21.8. The number of sulfone groups is 1. The molecule has 7 heteroatoms. The van der Waals surface area contributed by atoms with E-state index in [1.807, 2.05) is 6.92 Å². The van der Waals surface area contributed by atoms with Gasteiger partial charge in [0, 0.05) is 24.6 Å². The summed E-state index contributed by atoms with van der Waals surface area (Å²) in [5.41, 5.74) is 0.769. The molecule has 0 bridgehead atoms. The van der Waals surface area contributed by atoms with Gasteiger partial charge in [-0.15, -0.1) is 0 Å². The van der Waals surface area contributed by atoms with E-state index in [2.05, 4.69) is 15.3 Å². The molecule has 5 nitrogen and oxygen atoms in total. The van der Waals surface area contributed by atoms with Crippen LogP contribution in [0.4, 0.5) is 5.82 Å². The molecule has 1 heterocycles. The molecule has 0 aliphatic carbocycles. The van der Waals surface area contributed by atoms with E-state index in [1.54, 1.807) is 6.07 Å². The minimum atomic E-state index is -2.89. The molecular weight excluding hydrogens is 250 g/mol. The van der Waals surface area contributed by atoms with Crippen molar-refractivity contribution in [2.45, 2.75) is 13.3 Å². The summed E-state index contributed by atoms with van der Waals surface area (Å²) in [7, 11) is -2.89. The van der Waals surface area contributed by atoms with Crippen LogP contribution in [0, 0.1) is 6.92 Å². The van der Waals surface area contributed by atoms with Crippen LogP contribution in [0.1, 0.15) is 12.1 Å². The van der Waals surface area contributed by atoms with Crippen LogP contribution in [0.25, 0.3) is 0 Å². The first-order valence-corrected chi connectivity index (χ1v) is 7.23. The zero-order chi connectivity index (χ0) is 12.2. The zero-order valence-electron chi connectivity index (χ0n) is 9.20. The van der Waals surface area contributed by atoms with Crippen LogP contribution in [-0.4, -0.2) is 36.9 Å². The highest BCUT2D eigenvalue weighted by Gasteiger charge is 2.02. The van der Waals surface area contributed by atoms with Gasteiger partial charge in [0.15, 0.2) is 0 Å². The van der Waals surface area contributed by atoms with Gasteiger partial charge >= 0.3 is 0 Å². The van der Waals surface area contributed by atoms with Crippen LogP contribution in [0.2, 0.25) is 5.28 Å². The number of nitrogens with zero attached hydrogens (tertiary/aromatic N) is 2. The van der Waals surface area contributed by atoms with E-state index < -0.39 is 9.84 Å². The molecule has 0 fully saturated rings. The second kappa shape index (κ2) is 5.45. The van der Waals surface area contributed by atoms with E-state index in [0.717, 1.165) is 5.69 Å². The van der Waals surface area contributed by atoms with Crippen molar-refractivity contribution in [3.05, 3.63) is 17.0 Å². The zero-order valence-corrected chi connectivity index (χ0v) is 10.8.